The number of ether oxygens (including phenoxy) is 1. The van der Waals surface area contributed by atoms with Crippen molar-refractivity contribution in [3.63, 3.8) is 0 Å². The van der Waals surface area contributed by atoms with Crippen molar-refractivity contribution in [2.75, 3.05) is 19.6 Å². The number of aromatic nitrogens is 1. The lowest BCUT2D eigenvalue weighted by Crippen LogP contribution is -2.52. The van der Waals surface area contributed by atoms with Gasteiger partial charge >= 0.3 is 6.09 Å². The molecule has 0 spiro atoms. The van der Waals surface area contributed by atoms with Gasteiger partial charge in [0.25, 0.3) is 5.56 Å². The summed E-state index contributed by atoms with van der Waals surface area (Å²) in [5.41, 5.74) is 0.577. The lowest BCUT2D eigenvalue weighted by molar-refractivity contribution is 0.0754. The molecule has 7 nitrogen and oxygen atoms in total. The summed E-state index contributed by atoms with van der Waals surface area (Å²) in [5, 5.41) is 14.0. The van der Waals surface area contributed by atoms with Crippen LogP contribution in [0.3, 0.4) is 0 Å². The minimum atomic E-state index is -0.543. The van der Waals surface area contributed by atoms with Crippen LogP contribution in [0, 0.1) is 0 Å². The van der Waals surface area contributed by atoms with Crippen LogP contribution in [0.4, 0.5) is 4.79 Å². The zero-order chi connectivity index (χ0) is 19.4. The summed E-state index contributed by atoms with van der Waals surface area (Å²) < 4.78 is 6.66. The van der Waals surface area contributed by atoms with Crippen molar-refractivity contribution in [3.05, 3.63) is 63.0 Å². The van der Waals surface area contributed by atoms with Gasteiger partial charge in [0.1, 0.15) is 6.61 Å². The van der Waals surface area contributed by atoms with Gasteiger partial charge in [-0.1, -0.05) is 23.7 Å². The molecular formula is C19H22ClN3O4. The molecule has 2 heterocycles. The molecule has 1 atom stereocenters. The van der Waals surface area contributed by atoms with Gasteiger partial charge in [-0.2, -0.15) is 0 Å². The maximum Gasteiger partial charge on any atom is 0.410 e. The lowest BCUT2D eigenvalue weighted by atomic mass is 10.2. The second-order valence-corrected chi connectivity index (χ2v) is 6.99. The monoisotopic (exact) mass is 391 g/mol. The molecule has 1 aromatic heterocycles. The van der Waals surface area contributed by atoms with Crippen LogP contribution in [0.15, 0.2) is 41.3 Å². The summed E-state index contributed by atoms with van der Waals surface area (Å²) in [6.07, 6.45) is 1.12. The predicted octanol–water partition coefficient (Wildman–Crippen LogP) is 2.19. The summed E-state index contributed by atoms with van der Waals surface area (Å²) in [6.45, 7) is 4.04. The summed E-state index contributed by atoms with van der Waals surface area (Å²) in [6, 6.07) is 8.77. The van der Waals surface area contributed by atoms with Gasteiger partial charge in [0.15, 0.2) is 5.75 Å². The van der Waals surface area contributed by atoms with Gasteiger partial charge in [-0.05, 0) is 30.7 Å². The van der Waals surface area contributed by atoms with E-state index >= 15 is 0 Å². The van der Waals surface area contributed by atoms with E-state index in [1.54, 1.807) is 35.4 Å². The standard InChI is InChI=1S/C19H22ClN3O4/c1-13-10-21-6-8-23(13)19(26)27-12-15-5-7-22(18(25)17(15)24)11-14-3-2-4-16(20)9-14/h2-5,7,9,13,21,24H,6,8,10-12H2,1H3. The van der Waals surface area contributed by atoms with Gasteiger partial charge in [0.05, 0.1) is 6.54 Å². The van der Waals surface area contributed by atoms with Gasteiger partial charge in [-0.3, -0.25) is 4.79 Å². The van der Waals surface area contributed by atoms with Gasteiger partial charge < -0.3 is 24.6 Å². The zero-order valence-electron chi connectivity index (χ0n) is 15.0. The summed E-state index contributed by atoms with van der Waals surface area (Å²) >= 11 is 5.96. The first-order chi connectivity index (χ1) is 13.0. The number of rotatable bonds is 4. The molecule has 0 aliphatic carbocycles. The van der Waals surface area contributed by atoms with Crippen LogP contribution in [0.2, 0.25) is 5.02 Å². The molecule has 2 aromatic rings. The van der Waals surface area contributed by atoms with E-state index in [-0.39, 0.29) is 24.8 Å². The molecule has 1 unspecified atom stereocenters. The highest BCUT2D eigenvalue weighted by molar-refractivity contribution is 6.30. The highest BCUT2D eigenvalue weighted by Crippen LogP contribution is 2.16. The minimum absolute atomic E-state index is 0.0329. The first-order valence-electron chi connectivity index (χ1n) is 8.75. The number of amides is 1. The Balaban J connectivity index is 1.68. The maximum atomic E-state index is 12.4. The van der Waals surface area contributed by atoms with E-state index in [2.05, 4.69) is 5.32 Å². The molecule has 3 rings (SSSR count). The van der Waals surface area contributed by atoms with Gasteiger partial charge in [0, 0.05) is 42.5 Å². The lowest BCUT2D eigenvalue weighted by Gasteiger charge is -2.32. The average Bonchev–Trinajstić information content (AvgIpc) is 2.65. The number of halogens is 1. The van der Waals surface area contributed by atoms with Crippen molar-refractivity contribution >= 4 is 17.7 Å². The van der Waals surface area contributed by atoms with E-state index in [0.29, 0.717) is 24.7 Å². The number of hydrogen-bond acceptors (Lipinski definition) is 5. The molecule has 1 amide bonds. The van der Waals surface area contributed by atoms with Crippen LogP contribution in [0.25, 0.3) is 0 Å². The minimum Gasteiger partial charge on any atom is -0.503 e. The number of hydrogen-bond donors (Lipinski definition) is 2. The van der Waals surface area contributed by atoms with E-state index in [0.717, 1.165) is 5.56 Å². The number of aromatic hydroxyl groups is 1. The highest BCUT2D eigenvalue weighted by Gasteiger charge is 2.24. The van der Waals surface area contributed by atoms with Gasteiger partial charge in [-0.15, -0.1) is 0 Å². The fourth-order valence-electron chi connectivity index (χ4n) is 3.01. The number of pyridine rings is 1. The van der Waals surface area contributed by atoms with Crippen molar-refractivity contribution in [2.45, 2.75) is 26.1 Å². The van der Waals surface area contributed by atoms with Crippen LogP contribution in [0.1, 0.15) is 18.1 Å². The Labute approximate surface area is 162 Å². The normalized spacial score (nSPS) is 17.0. The third-order valence-electron chi connectivity index (χ3n) is 4.55. The Bertz CT molecular complexity index is 883. The van der Waals surface area contributed by atoms with Gasteiger partial charge in [0.2, 0.25) is 0 Å². The van der Waals surface area contributed by atoms with Crippen LogP contribution >= 0.6 is 11.6 Å². The summed E-state index contributed by atoms with van der Waals surface area (Å²) in [5.74, 6) is -0.416. The van der Waals surface area contributed by atoms with E-state index in [1.807, 2.05) is 13.0 Å². The van der Waals surface area contributed by atoms with E-state index in [1.165, 1.54) is 4.57 Å². The first kappa shape index (κ1) is 19.3. The number of carbonyl (C=O) groups is 1. The number of nitrogens with one attached hydrogen (secondary N) is 1. The van der Waals surface area contributed by atoms with Crippen molar-refractivity contribution in [1.29, 1.82) is 0 Å². The Morgan fingerprint density at radius 2 is 2.22 bits per heavy atom. The second kappa shape index (κ2) is 8.45. The first-order valence-corrected chi connectivity index (χ1v) is 9.13. The summed E-state index contributed by atoms with van der Waals surface area (Å²) in [4.78, 5) is 26.2. The quantitative estimate of drug-likeness (QED) is 0.834. The van der Waals surface area contributed by atoms with E-state index < -0.39 is 17.4 Å². The van der Waals surface area contributed by atoms with E-state index in [4.69, 9.17) is 16.3 Å². The number of nitrogens with zero attached hydrogens (tertiary/aromatic N) is 2. The largest absolute Gasteiger partial charge is 0.503 e. The fraction of sp³-hybridized carbons (Fsp3) is 0.368. The number of piperazine rings is 1. The maximum absolute atomic E-state index is 12.4. The molecule has 27 heavy (non-hydrogen) atoms. The molecule has 1 fully saturated rings. The molecule has 0 saturated carbocycles. The third-order valence-corrected chi connectivity index (χ3v) is 4.79. The Kier molecular flexibility index (Phi) is 6.03. The molecule has 1 aliphatic rings. The fourth-order valence-corrected chi connectivity index (χ4v) is 3.22. The third kappa shape index (κ3) is 4.61. The highest BCUT2D eigenvalue weighted by atomic mass is 35.5. The van der Waals surface area contributed by atoms with Crippen molar-refractivity contribution in [3.8, 4) is 5.75 Å². The second-order valence-electron chi connectivity index (χ2n) is 6.55. The van der Waals surface area contributed by atoms with Crippen LogP contribution in [-0.4, -0.2) is 46.3 Å². The van der Waals surface area contributed by atoms with Crippen molar-refractivity contribution in [2.24, 2.45) is 0 Å². The topological polar surface area (TPSA) is 83.8 Å². The van der Waals surface area contributed by atoms with Crippen LogP contribution in [0.5, 0.6) is 5.75 Å². The molecule has 1 aliphatic heterocycles. The SMILES string of the molecule is CC1CNCCN1C(=O)OCc1ccn(Cc2cccc(Cl)c2)c(=O)c1O. The zero-order valence-corrected chi connectivity index (χ0v) is 15.8. The number of carbonyl (C=O) groups excluding carboxylic acids is 1. The molecule has 144 valence electrons. The molecule has 8 heteroatoms. The average molecular weight is 392 g/mol. The van der Waals surface area contributed by atoms with Crippen LogP contribution in [-0.2, 0) is 17.9 Å². The Hall–Kier alpha value is -2.51. The Morgan fingerprint density at radius 1 is 1.41 bits per heavy atom. The molecule has 1 aromatic carbocycles. The number of benzene rings is 1. The molecule has 0 bridgehead atoms. The van der Waals surface area contributed by atoms with Crippen molar-refractivity contribution < 1.29 is 14.6 Å². The molecule has 1 saturated heterocycles. The van der Waals surface area contributed by atoms with E-state index in [9.17, 15) is 14.7 Å². The van der Waals surface area contributed by atoms with Crippen LogP contribution < -0.4 is 10.9 Å². The smallest absolute Gasteiger partial charge is 0.410 e. The van der Waals surface area contributed by atoms with Crippen molar-refractivity contribution in [1.82, 2.24) is 14.8 Å². The molecular weight excluding hydrogens is 370 g/mol. The van der Waals surface area contributed by atoms with Gasteiger partial charge in [-0.25, -0.2) is 4.79 Å². The Morgan fingerprint density at radius 3 is 2.96 bits per heavy atom. The summed E-state index contributed by atoms with van der Waals surface area (Å²) in [7, 11) is 0. The molecule has 2 N–H and O–H groups in total. The predicted molar refractivity (Wildman–Crippen MR) is 102 cm³/mol. The molecule has 0 radical (unpaired) electrons.